The van der Waals surface area contributed by atoms with Crippen LogP contribution < -0.4 is 5.32 Å². The highest BCUT2D eigenvalue weighted by molar-refractivity contribution is 5.98. The molecule has 1 fully saturated rings. The van der Waals surface area contributed by atoms with Gasteiger partial charge in [-0.1, -0.05) is 13.0 Å². The smallest absolute Gasteiger partial charge is 0.308 e. The van der Waals surface area contributed by atoms with Gasteiger partial charge in [-0.05, 0) is 31.0 Å². The number of rotatable bonds is 6. The van der Waals surface area contributed by atoms with Crippen LogP contribution in [0.25, 0.3) is 0 Å². The lowest BCUT2D eigenvalue weighted by Gasteiger charge is -2.19. The summed E-state index contributed by atoms with van der Waals surface area (Å²) in [6, 6.07) is 6.70. The van der Waals surface area contributed by atoms with Gasteiger partial charge in [0.2, 0.25) is 5.91 Å². The van der Waals surface area contributed by atoms with E-state index in [2.05, 4.69) is 5.32 Å². The summed E-state index contributed by atoms with van der Waals surface area (Å²) in [5.41, 5.74) is 1.01. The third kappa shape index (κ3) is 4.07. The van der Waals surface area contributed by atoms with Crippen molar-refractivity contribution in [3.63, 3.8) is 0 Å². The second kappa shape index (κ2) is 6.60. The maximum Gasteiger partial charge on any atom is 0.308 e. The lowest BCUT2D eigenvalue weighted by atomic mass is 10.1. The lowest BCUT2D eigenvalue weighted by molar-refractivity contribution is -0.141. The number of carbonyl (C=O) groups is 3. The molecule has 2 amide bonds. The number of benzene rings is 1. The molecule has 2 rings (SSSR count). The molecule has 0 aromatic heterocycles. The van der Waals surface area contributed by atoms with E-state index < -0.39 is 11.9 Å². The van der Waals surface area contributed by atoms with E-state index in [0.717, 1.165) is 12.8 Å². The van der Waals surface area contributed by atoms with Crippen LogP contribution in [0.4, 0.5) is 5.69 Å². The first-order chi connectivity index (χ1) is 10.4. The van der Waals surface area contributed by atoms with Crippen LogP contribution in [0.1, 0.15) is 30.1 Å². The Morgan fingerprint density at radius 3 is 2.64 bits per heavy atom. The Bertz CT molecular complexity index is 596. The van der Waals surface area contributed by atoms with Crippen molar-refractivity contribution in [2.24, 2.45) is 11.8 Å². The number of carboxylic acids is 1. The molecule has 6 heteroatoms. The first-order valence-electron chi connectivity index (χ1n) is 7.27. The second-order valence-corrected chi connectivity index (χ2v) is 5.77. The largest absolute Gasteiger partial charge is 0.481 e. The zero-order chi connectivity index (χ0) is 16.3. The van der Waals surface area contributed by atoms with Gasteiger partial charge in [0.25, 0.3) is 5.91 Å². The number of nitrogens with zero attached hydrogens (tertiary/aromatic N) is 1. The van der Waals surface area contributed by atoms with Crippen molar-refractivity contribution in [3.8, 4) is 0 Å². The summed E-state index contributed by atoms with van der Waals surface area (Å²) >= 11 is 0. The third-order valence-corrected chi connectivity index (χ3v) is 3.64. The minimum absolute atomic E-state index is 0.0162. The summed E-state index contributed by atoms with van der Waals surface area (Å²) in [7, 11) is 1.57. The van der Waals surface area contributed by atoms with Crippen LogP contribution >= 0.6 is 0 Å². The summed E-state index contributed by atoms with van der Waals surface area (Å²) in [4.78, 5) is 36.3. The molecule has 0 bridgehead atoms. The Labute approximate surface area is 129 Å². The molecule has 0 heterocycles. The zero-order valence-corrected chi connectivity index (χ0v) is 12.7. The zero-order valence-electron chi connectivity index (χ0n) is 12.7. The molecule has 2 N–H and O–H groups in total. The molecule has 1 aliphatic carbocycles. The van der Waals surface area contributed by atoms with Crippen molar-refractivity contribution in [3.05, 3.63) is 29.8 Å². The van der Waals surface area contributed by atoms with E-state index in [1.165, 1.54) is 4.90 Å². The lowest BCUT2D eigenvalue weighted by Crippen LogP contribution is -2.33. The summed E-state index contributed by atoms with van der Waals surface area (Å²) in [6.07, 6.45) is 1.83. The van der Waals surface area contributed by atoms with Gasteiger partial charge in [0.05, 0.1) is 5.92 Å². The van der Waals surface area contributed by atoms with E-state index >= 15 is 0 Å². The normalized spacial score (nSPS) is 15.0. The number of anilines is 1. The summed E-state index contributed by atoms with van der Waals surface area (Å²) < 4.78 is 0. The molecule has 0 spiro atoms. The van der Waals surface area contributed by atoms with Gasteiger partial charge < -0.3 is 15.3 Å². The Morgan fingerprint density at radius 2 is 2.05 bits per heavy atom. The van der Waals surface area contributed by atoms with Gasteiger partial charge in [-0.3, -0.25) is 14.4 Å². The Balaban J connectivity index is 2.02. The van der Waals surface area contributed by atoms with E-state index in [9.17, 15) is 14.4 Å². The van der Waals surface area contributed by atoms with Crippen molar-refractivity contribution in [2.75, 3.05) is 18.9 Å². The van der Waals surface area contributed by atoms with Gasteiger partial charge in [0, 0.05) is 30.8 Å². The first kappa shape index (κ1) is 16.0. The Morgan fingerprint density at radius 1 is 1.36 bits per heavy atom. The third-order valence-electron chi connectivity index (χ3n) is 3.64. The van der Waals surface area contributed by atoms with Gasteiger partial charge in [-0.15, -0.1) is 0 Å². The molecule has 1 aliphatic rings. The maximum atomic E-state index is 12.3. The molecule has 1 aromatic carbocycles. The fourth-order valence-corrected chi connectivity index (χ4v) is 2.11. The Kier molecular flexibility index (Phi) is 4.80. The second-order valence-electron chi connectivity index (χ2n) is 5.77. The van der Waals surface area contributed by atoms with Crippen LogP contribution in [-0.4, -0.2) is 41.4 Å². The highest BCUT2D eigenvalue weighted by Crippen LogP contribution is 2.30. The number of nitrogens with one attached hydrogen (secondary N) is 1. The minimum atomic E-state index is -0.940. The van der Waals surface area contributed by atoms with Gasteiger partial charge >= 0.3 is 5.97 Å². The van der Waals surface area contributed by atoms with Crippen LogP contribution in [0.15, 0.2) is 24.3 Å². The first-order valence-corrected chi connectivity index (χ1v) is 7.27. The molecule has 0 aliphatic heterocycles. The van der Waals surface area contributed by atoms with E-state index in [0.29, 0.717) is 11.3 Å². The van der Waals surface area contributed by atoms with Gasteiger partial charge in [-0.2, -0.15) is 0 Å². The number of hydrogen-bond donors (Lipinski definition) is 2. The molecule has 1 saturated carbocycles. The molecular formula is C16H20N2O4. The van der Waals surface area contributed by atoms with E-state index in [4.69, 9.17) is 5.11 Å². The van der Waals surface area contributed by atoms with Gasteiger partial charge in [0.1, 0.15) is 0 Å². The number of amides is 2. The highest BCUT2D eigenvalue weighted by Gasteiger charge is 2.29. The van der Waals surface area contributed by atoms with Crippen LogP contribution in [0.2, 0.25) is 0 Å². The number of carbonyl (C=O) groups excluding carboxylic acids is 2. The predicted molar refractivity (Wildman–Crippen MR) is 81.6 cm³/mol. The molecule has 0 saturated heterocycles. The summed E-state index contributed by atoms with van der Waals surface area (Å²) in [5.74, 6) is -1.76. The highest BCUT2D eigenvalue weighted by atomic mass is 16.4. The summed E-state index contributed by atoms with van der Waals surface area (Å²) in [5, 5.41) is 11.7. The van der Waals surface area contributed by atoms with Crippen LogP contribution in [0, 0.1) is 11.8 Å². The fraction of sp³-hybridized carbons (Fsp3) is 0.438. The van der Waals surface area contributed by atoms with E-state index in [1.807, 2.05) is 0 Å². The molecular weight excluding hydrogens is 284 g/mol. The number of carboxylic acid groups (broad SMARTS) is 1. The molecule has 1 unspecified atom stereocenters. The predicted octanol–water partition coefficient (Wildman–Crippen LogP) is 1.83. The minimum Gasteiger partial charge on any atom is -0.481 e. The maximum absolute atomic E-state index is 12.3. The fourth-order valence-electron chi connectivity index (χ4n) is 2.11. The van der Waals surface area contributed by atoms with E-state index in [1.54, 1.807) is 38.2 Å². The van der Waals surface area contributed by atoms with Crippen molar-refractivity contribution in [1.82, 2.24) is 4.90 Å². The molecule has 0 radical (unpaired) electrons. The summed E-state index contributed by atoms with van der Waals surface area (Å²) in [6.45, 7) is 1.69. The molecule has 1 atom stereocenters. The molecule has 1 aromatic rings. The molecule has 22 heavy (non-hydrogen) atoms. The van der Waals surface area contributed by atoms with Crippen molar-refractivity contribution in [2.45, 2.75) is 19.8 Å². The van der Waals surface area contributed by atoms with Crippen LogP contribution in [0.5, 0.6) is 0 Å². The van der Waals surface area contributed by atoms with Crippen molar-refractivity contribution >= 4 is 23.5 Å². The molecule has 6 nitrogen and oxygen atoms in total. The number of hydrogen-bond acceptors (Lipinski definition) is 3. The standard InChI is InChI=1S/C16H20N2O4/c1-10(16(21)22)9-18(2)15(20)12-4-3-5-13(8-12)17-14(19)11-6-7-11/h3-5,8,10-11H,6-7,9H2,1-2H3,(H,17,19)(H,21,22). The van der Waals surface area contributed by atoms with Crippen LogP contribution in [0.3, 0.4) is 0 Å². The quantitative estimate of drug-likeness (QED) is 0.839. The SMILES string of the molecule is CC(CN(C)C(=O)c1cccc(NC(=O)C2CC2)c1)C(=O)O. The average Bonchev–Trinajstić information content (AvgIpc) is 3.31. The van der Waals surface area contributed by atoms with Gasteiger partial charge in [0.15, 0.2) is 0 Å². The van der Waals surface area contributed by atoms with Crippen LogP contribution in [-0.2, 0) is 9.59 Å². The average molecular weight is 304 g/mol. The van der Waals surface area contributed by atoms with Gasteiger partial charge in [-0.25, -0.2) is 0 Å². The monoisotopic (exact) mass is 304 g/mol. The van der Waals surface area contributed by atoms with Crippen molar-refractivity contribution < 1.29 is 19.5 Å². The Hall–Kier alpha value is -2.37. The topological polar surface area (TPSA) is 86.7 Å². The molecule has 118 valence electrons. The van der Waals surface area contributed by atoms with E-state index in [-0.39, 0.29) is 24.3 Å². The van der Waals surface area contributed by atoms with Crippen molar-refractivity contribution in [1.29, 1.82) is 0 Å². The number of aliphatic carboxylic acids is 1.